The molecule has 0 aliphatic rings. The van der Waals surface area contributed by atoms with Gasteiger partial charge in [0.25, 0.3) is 0 Å². The van der Waals surface area contributed by atoms with E-state index in [1.807, 2.05) is 18.2 Å². The Labute approximate surface area is 149 Å². The number of carbonyl (C=O) groups excluding carboxylic acids is 1. The van der Waals surface area contributed by atoms with Gasteiger partial charge < -0.3 is 15.6 Å². The van der Waals surface area contributed by atoms with Gasteiger partial charge in [0.1, 0.15) is 5.82 Å². The largest absolute Gasteiger partial charge is 0.356 e. The Morgan fingerprint density at radius 1 is 1.30 bits per heavy atom. The third kappa shape index (κ3) is 5.68. The minimum Gasteiger partial charge on any atom is -0.356 e. The van der Waals surface area contributed by atoms with Crippen LogP contribution in [0.25, 0.3) is 11.0 Å². The summed E-state index contributed by atoms with van der Waals surface area (Å²) in [4.78, 5) is 16.3. The summed E-state index contributed by atoms with van der Waals surface area (Å²) in [5.41, 5.74) is 7.56. The highest BCUT2D eigenvalue weighted by molar-refractivity contribution is 5.85. The standard InChI is InChI=1S/C16H24N4O.2ClH/c1-12(2)20-14-7-4-3-6-13(14)19-15(20)9-11-18-16(21)8-5-10-17;;/h3-4,6-7,12H,5,8-11,17H2,1-2H3,(H,18,21);2*1H. The van der Waals surface area contributed by atoms with Crippen LogP contribution in [0.3, 0.4) is 0 Å². The minimum absolute atomic E-state index is 0. The normalized spacial score (nSPS) is 10.3. The smallest absolute Gasteiger partial charge is 0.220 e. The number of imidazole rings is 1. The summed E-state index contributed by atoms with van der Waals surface area (Å²) in [5.74, 6) is 1.08. The predicted octanol–water partition coefficient (Wildman–Crippen LogP) is 2.86. The van der Waals surface area contributed by atoms with Crippen LogP contribution in [0.2, 0.25) is 0 Å². The molecule has 0 fully saturated rings. The topological polar surface area (TPSA) is 72.9 Å². The van der Waals surface area contributed by atoms with Crippen molar-refractivity contribution in [1.29, 1.82) is 0 Å². The summed E-state index contributed by atoms with van der Waals surface area (Å²) in [6, 6.07) is 8.49. The number of benzene rings is 1. The van der Waals surface area contributed by atoms with E-state index in [0.29, 0.717) is 25.6 Å². The molecule has 0 atom stereocenters. The van der Waals surface area contributed by atoms with E-state index in [9.17, 15) is 4.79 Å². The van der Waals surface area contributed by atoms with Crippen LogP contribution in [-0.4, -0.2) is 28.5 Å². The summed E-state index contributed by atoms with van der Waals surface area (Å²) in [6.45, 7) is 5.46. The molecular formula is C16H26Cl2N4O. The van der Waals surface area contributed by atoms with Crippen molar-refractivity contribution in [3.8, 4) is 0 Å². The first-order valence-electron chi connectivity index (χ1n) is 7.56. The van der Waals surface area contributed by atoms with Gasteiger partial charge in [-0.25, -0.2) is 4.98 Å². The van der Waals surface area contributed by atoms with Crippen LogP contribution in [0.15, 0.2) is 24.3 Å². The first-order valence-corrected chi connectivity index (χ1v) is 7.56. The number of nitrogens with two attached hydrogens (primary N) is 1. The maximum Gasteiger partial charge on any atom is 0.220 e. The van der Waals surface area contributed by atoms with Crippen molar-refractivity contribution < 1.29 is 4.79 Å². The summed E-state index contributed by atoms with van der Waals surface area (Å²) >= 11 is 0. The number of para-hydroxylation sites is 2. The number of nitrogens with one attached hydrogen (secondary N) is 1. The molecule has 7 heteroatoms. The molecule has 1 heterocycles. The fourth-order valence-electron chi connectivity index (χ4n) is 2.51. The van der Waals surface area contributed by atoms with Crippen LogP contribution in [-0.2, 0) is 11.2 Å². The van der Waals surface area contributed by atoms with Gasteiger partial charge in [0.2, 0.25) is 5.91 Å². The lowest BCUT2D eigenvalue weighted by molar-refractivity contribution is -0.121. The molecule has 0 spiro atoms. The van der Waals surface area contributed by atoms with Crippen molar-refractivity contribution in [3.63, 3.8) is 0 Å². The highest BCUT2D eigenvalue weighted by Gasteiger charge is 2.12. The molecule has 3 N–H and O–H groups in total. The van der Waals surface area contributed by atoms with Crippen molar-refractivity contribution in [2.75, 3.05) is 13.1 Å². The van der Waals surface area contributed by atoms with E-state index >= 15 is 0 Å². The quantitative estimate of drug-likeness (QED) is 0.797. The number of amides is 1. The Bertz CT molecular complexity index is 613. The molecule has 1 aromatic carbocycles. The molecule has 0 unspecified atom stereocenters. The average Bonchev–Trinajstić information content (AvgIpc) is 2.83. The lowest BCUT2D eigenvalue weighted by Gasteiger charge is -2.13. The van der Waals surface area contributed by atoms with Crippen LogP contribution >= 0.6 is 24.8 Å². The van der Waals surface area contributed by atoms with Gasteiger partial charge in [0, 0.05) is 25.4 Å². The highest BCUT2D eigenvalue weighted by Crippen LogP contribution is 2.20. The van der Waals surface area contributed by atoms with E-state index in [-0.39, 0.29) is 30.7 Å². The molecule has 1 aromatic heterocycles. The second kappa shape index (κ2) is 10.5. The van der Waals surface area contributed by atoms with Gasteiger partial charge in [-0.15, -0.1) is 24.8 Å². The van der Waals surface area contributed by atoms with Crippen LogP contribution < -0.4 is 11.1 Å². The van der Waals surface area contributed by atoms with E-state index in [1.165, 1.54) is 0 Å². The average molecular weight is 361 g/mol. The lowest BCUT2D eigenvalue weighted by Crippen LogP contribution is -2.26. The lowest BCUT2D eigenvalue weighted by atomic mass is 10.2. The molecule has 5 nitrogen and oxygen atoms in total. The first-order chi connectivity index (χ1) is 10.1. The Kier molecular flexibility index (Phi) is 9.88. The number of halogens is 2. The van der Waals surface area contributed by atoms with E-state index in [1.54, 1.807) is 0 Å². The Morgan fingerprint density at radius 2 is 2.00 bits per heavy atom. The summed E-state index contributed by atoms with van der Waals surface area (Å²) < 4.78 is 2.24. The molecule has 130 valence electrons. The van der Waals surface area contributed by atoms with Gasteiger partial charge in [-0.3, -0.25) is 4.79 Å². The van der Waals surface area contributed by atoms with Crippen LogP contribution in [0, 0.1) is 0 Å². The summed E-state index contributed by atoms with van der Waals surface area (Å²) in [7, 11) is 0. The van der Waals surface area contributed by atoms with Gasteiger partial charge in [-0.1, -0.05) is 12.1 Å². The number of nitrogens with zero attached hydrogens (tertiary/aromatic N) is 2. The molecule has 0 aliphatic carbocycles. The fraction of sp³-hybridized carbons (Fsp3) is 0.500. The molecule has 0 saturated carbocycles. The van der Waals surface area contributed by atoms with Gasteiger partial charge in [0.15, 0.2) is 0 Å². The fourth-order valence-corrected chi connectivity index (χ4v) is 2.51. The zero-order valence-corrected chi connectivity index (χ0v) is 15.3. The van der Waals surface area contributed by atoms with Crippen molar-refractivity contribution in [2.24, 2.45) is 5.73 Å². The van der Waals surface area contributed by atoms with E-state index < -0.39 is 0 Å². The molecule has 0 radical (unpaired) electrons. The molecule has 0 saturated heterocycles. The third-order valence-electron chi connectivity index (χ3n) is 3.46. The number of aromatic nitrogens is 2. The van der Waals surface area contributed by atoms with Crippen LogP contribution in [0.1, 0.15) is 38.6 Å². The van der Waals surface area contributed by atoms with Crippen molar-refractivity contribution in [3.05, 3.63) is 30.1 Å². The Balaban J connectivity index is 0.00000242. The van der Waals surface area contributed by atoms with Crippen molar-refractivity contribution >= 4 is 41.8 Å². The molecule has 0 aliphatic heterocycles. The van der Waals surface area contributed by atoms with Gasteiger partial charge in [0.05, 0.1) is 11.0 Å². The van der Waals surface area contributed by atoms with Crippen molar-refractivity contribution in [1.82, 2.24) is 14.9 Å². The first kappa shape index (κ1) is 21.7. The van der Waals surface area contributed by atoms with Gasteiger partial charge in [-0.2, -0.15) is 0 Å². The molecule has 23 heavy (non-hydrogen) atoms. The molecular weight excluding hydrogens is 335 g/mol. The van der Waals surface area contributed by atoms with Crippen molar-refractivity contribution in [2.45, 2.75) is 39.2 Å². The molecule has 0 bridgehead atoms. The maximum absolute atomic E-state index is 11.6. The molecule has 1 amide bonds. The SMILES string of the molecule is CC(C)n1c(CCNC(=O)CCCN)nc2ccccc21.Cl.Cl. The van der Waals surface area contributed by atoms with E-state index in [4.69, 9.17) is 5.73 Å². The van der Waals surface area contributed by atoms with E-state index in [2.05, 4.69) is 34.8 Å². The molecule has 2 aromatic rings. The van der Waals surface area contributed by atoms with Gasteiger partial charge >= 0.3 is 0 Å². The number of hydrogen-bond donors (Lipinski definition) is 2. The van der Waals surface area contributed by atoms with Gasteiger partial charge in [-0.05, 0) is 38.9 Å². The number of fused-ring (bicyclic) bond motifs is 1. The van der Waals surface area contributed by atoms with E-state index in [0.717, 1.165) is 29.7 Å². The summed E-state index contributed by atoms with van der Waals surface area (Å²) in [5, 5.41) is 2.93. The van der Waals surface area contributed by atoms with Crippen LogP contribution in [0.4, 0.5) is 0 Å². The monoisotopic (exact) mass is 360 g/mol. The second-order valence-electron chi connectivity index (χ2n) is 5.47. The molecule has 2 rings (SSSR count). The summed E-state index contributed by atoms with van der Waals surface area (Å²) in [6.07, 6.45) is 1.97. The maximum atomic E-state index is 11.6. The predicted molar refractivity (Wildman–Crippen MR) is 99.6 cm³/mol. The Hall–Kier alpha value is -1.30. The second-order valence-corrected chi connectivity index (χ2v) is 5.47. The minimum atomic E-state index is 0. The number of carbonyl (C=O) groups is 1. The third-order valence-corrected chi connectivity index (χ3v) is 3.46. The zero-order valence-electron chi connectivity index (χ0n) is 13.6. The zero-order chi connectivity index (χ0) is 15.2. The number of rotatable bonds is 7. The van der Waals surface area contributed by atoms with Crippen LogP contribution in [0.5, 0.6) is 0 Å². The highest BCUT2D eigenvalue weighted by atomic mass is 35.5. The number of hydrogen-bond acceptors (Lipinski definition) is 3. The Morgan fingerprint density at radius 3 is 2.65 bits per heavy atom.